The average molecular weight is 322 g/mol. The summed E-state index contributed by atoms with van der Waals surface area (Å²) in [6.45, 7) is 18.9. The molecule has 1 fully saturated rings. The van der Waals surface area contributed by atoms with Crippen molar-refractivity contribution in [2.24, 2.45) is 0 Å². The number of carbonyl (C=O) groups is 2. The zero-order chi connectivity index (χ0) is 18.2. The second kappa shape index (κ2) is 6.48. The molecule has 130 valence electrons. The highest BCUT2D eigenvalue weighted by Gasteiger charge is 2.52. The van der Waals surface area contributed by atoms with E-state index in [0.717, 1.165) is 0 Å². The van der Waals surface area contributed by atoms with E-state index in [0.29, 0.717) is 17.6 Å². The highest BCUT2D eigenvalue weighted by molar-refractivity contribution is 5.92. The Balaban J connectivity index is 3.18. The van der Waals surface area contributed by atoms with E-state index in [9.17, 15) is 9.59 Å². The standard InChI is InChI=1S/C18H30N2O3/c1-11(2)15(21)19-14-13(23-16(22)12(3)4)10-17(5,6)20(9)18(14,7)8/h13-14H,1,3,10H2,2,4-9H3,(H,19,21). The van der Waals surface area contributed by atoms with Gasteiger partial charge in [-0.25, -0.2) is 4.79 Å². The first-order chi connectivity index (χ1) is 10.3. The van der Waals surface area contributed by atoms with Crippen LogP contribution in [0.5, 0.6) is 0 Å². The lowest BCUT2D eigenvalue weighted by atomic mass is 9.74. The lowest BCUT2D eigenvalue weighted by molar-refractivity contribution is -0.161. The minimum absolute atomic E-state index is 0.173. The Labute approximate surface area is 139 Å². The summed E-state index contributed by atoms with van der Waals surface area (Å²) in [6, 6.07) is -0.340. The van der Waals surface area contributed by atoms with Crippen LogP contribution in [-0.2, 0) is 14.3 Å². The van der Waals surface area contributed by atoms with E-state index in [1.54, 1.807) is 13.8 Å². The van der Waals surface area contributed by atoms with Crippen molar-refractivity contribution in [3.05, 3.63) is 24.3 Å². The van der Waals surface area contributed by atoms with Gasteiger partial charge in [0, 0.05) is 28.6 Å². The number of carbonyl (C=O) groups excluding carboxylic acids is 2. The number of likely N-dealkylation sites (tertiary alicyclic amines) is 1. The maximum atomic E-state index is 12.1. The molecule has 0 spiro atoms. The van der Waals surface area contributed by atoms with Crippen molar-refractivity contribution in [1.82, 2.24) is 10.2 Å². The molecule has 1 N–H and O–H groups in total. The number of nitrogens with zero attached hydrogens (tertiary/aromatic N) is 1. The lowest BCUT2D eigenvalue weighted by Gasteiger charge is -2.57. The number of nitrogens with one attached hydrogen (secondary N) is 1. The fraction of sp³-hybridized carbons (Fsp3) is 0.667. The van der Waals surface area contributed by atoms with Gasteiger partial charge in [0.05, 0.1) is 6.04 Å². The van der Waals surface area contributed by atoms with Crippen LogP contribution in [0.25, 0.3) is 0 Å². The van der Waals surface area contributed by atoms with E-state index in [-0.39, 0.29) is 17.5 Å². The van der Waals surface area contributed by atoms with E-state index in [4.69, 9.17) is 4.74 Å². The Bertz CT molecular complexity index is 534. The molecule has 0 radical (unpaired) electrons. The van der Waals surface area contributed by atoms with E-state index in [1.165, 1.54) is 0 Å². The monoisotopic (exact) mass is 322 g/mol. The number of rotatable bonds is 4. The topological polar surface area (TPSA) is 58.6 Å². The molecule has 0 aromatic carbocycles. The molecule has 1 aliphatic heterocycles. The van der Waals surface area contributed by atoms with Crippen LogP contribution in [0.15, 0.2) is 24.3 Å². The number of esters is 1. The van der Waals surface area contributed by atoms with Crippen LogP contribution in [0.2, 0.25) is 0 Å². The van der Waals surface area contributed by atoms with Crippen molar-refractivity contribution in [2.75, 3.05) is 7.05 Å². The molecule has 2 atom stereocenters. The minimum Gasteiger partial charge on any atom is -0.457 e. The van der Waals surface area contributed by atoms with Gasteiger partial charge in [0.15, 0.2) is 0 Å². The normalized spacial score (nSPS) is 26.2. The molecule has 5 nitrogen and oxygen atoms in total. The fourth-order valence-corrected chi connectivity index (χ4v) is 3.07. The molecule has 23 heavy (non-hydrogen) atoms. The van der Waals surface area contributed by atoms with Crippen LogP contribution in [-0.4, -0.2) is 47.0 Å². The van der Waals surface area contributed by atoms with Crippen molar-refractivity contribution in [3.8, 4) is 0 Å². The average Bonchev–Trinajstić information content (AvgIpc) is 2.40. The first kappa shape index (κ1) is 19.4. The number of hydrogen-bond acceptors (Lipinski definition) is 4. The van der Waals surface area contributed by atoms with Gasteiger partial charge in [-0.2, -0.15) is 0 Å². The molecular formula is C18H30N2O3. The van der Waals surface area contributed by atoms with Gasteiger partial charge in [0.2, 0.25) is 5.91 Å². The number of hydrogen-bond donors (Lipinski definition) is 1. The van der Waals surface area contributed by atoms with Crippen molar-refractivity contribution in [1.29, 1.82) is 0 Å². The molecule has 1 heterocycles. The number of amides is 1. The van der Waals surface area contributed by atoms with Crippen LogP contribution in [0.3, 0.4) is 0 Å². The molecule has 1 saturated heterocycles. The molecule has 1 aliphatic rings. The van der Waals surface area contributed by atoms with Crippen LogP contribution >= 0.6 is 0 Å². The van der Waals surface area contributed by atoms with Crippen molar-refractivity contribution in [2.45, 2.75) is 71.2 Å². The van der Waals surface area contributed by atoms with Crippen LogP contribution in [0, 0.1) is 0 Å². The minimum atomic E-state index is -0.430. The molecule has 1 amide bonds. The van der Waals surface area contributed by atoms with Gasteiger partial charge >= 0.3 is 5.97 Å². The third kappa shape index (κ3) is 4.02. The van der Waals surface area contributed by atoms with Gasteiger partial charge in [-0.3, -0.25) is 9.69 Å². The summed E-state index contributed by atoms with van der Waals surface area (Å²) < 4.78 is 5.66. The summed E-state index contributed by atoms with van der Waals surface area (Å²) in [5.41, 5.74) is 0.212. The molecular weight excluding hydrogens is 292 g/mol. The largest absolute Gasteiger partial charge is 0.457 e. The van der Waals surface area contributed by atoms with Gasteiger partial charge in [0.1, 0.15) is 6.10 Å². The SMILES string of the molecule is C=C(C)C(=O)NC1C(OC(=O)C(=C)C)CC(C)(C)N(C)C1(C)C. The predicted molar refractivity (Wildman–Crippen MR) is 92.0 cm³/mol. The predicted octanol–water partition coefficient (Wildman–Crippen LogP) is 2.43. The maximum absolute atomic E-state index is 12.1. The summed E-state index contributed by atoms with van der Waals surface area (Å²) in [5, 5.41) is 2.98. The number of piperidine rings is 1. The summed E-state index contributed by atoms with van der Waals surface area (Å²) in [5.74, 6) is -0.659. The van der Waals surface area contributed by atoms with E-state index < -0.39 is 17.6 Å². The molecule has 1 rings (SSSR count). The van der Waals surface area contributed by atoms with Crippen molar-refractivity contribution >= 4 is 11.9 Å². The molecule has 0 aliphatic carbocycles. The Kier molecular flexibility index (Phi) is 5.47. The maximum Gasteiger partial charge on any atom is 0.333 e. The zero-order valence-electron chi connectivity index (χ0n) is 15.4. The first-order valence-corrected chi connectivity index (χ1v) is 7.87. The van der Waals surface area contributed by atoms with Crippen LogP contribution < -0.4 is 5.32 Å². The van der Waals surface area contributed by atoms with Gasteiger partial charge in [-0.15, -0.1) is 0 Å². The first-order valence-electron chi connectivity index (χ1n) is 7.87. The molecule has 0 aromatic heterocycles. The Hall–Kier alpha value is -1.62. The zero-order valence-corrected chi connectivity index (χ0v) is 15.4. The van der Waals surface area contributed by atoms with E-state index in [1.807, 2.05) is 20.9 Å². The van der Waals surface area contributed by atoms with Crippen molar-refractivity contribution in [3.63, 3.8) is 0 Å². The molecule has 0 bridgehead atoms. The van der Waals surface area contributed by atoms with E-state index >= 15 is 0 Å². The van der Waals surface area contributed by atoms with Gasteiger partial charge in [-0.1, -0.05) is 13.2 Å². The molecule has 5 heteroatoms. The summed E-state index contributed by atoms with van der Waals surface area (Å²) >= 11 is 0. The fourth-order valence-electron chi connectivity index (χ4n) is 3.07. The van der Waals surface area contributed by atoms with E-state index in [2.05, 4.69) is 37.2 Å². The number of likely N-dealkylation sites (N-methyl/N-ethyl adjacent to an activating group) is 1. The molecule has 2 unspecified atom stereocenters. The quantitative estimate of drug-likeness (QED) is 0.638. The number of ether oxygens (including phenoxy) is 1. The third-order valence-electron chi connectivity index (χ3n) is 4.89. The third-order valence-corrected chi connectivity index (χ3v) is 4.89. The Morgan fingerprint density at radius 1 is 1.13 bits per heavy atom. The smallest absolute Gasteiger partial charge is 0.333 e. The molecule has 0 aromatic rings. The summed E-state index contributed by atoms with van der Waals surface area (Å²) in [6.07, 6.45) is 0.191. The van der Waals surface area contributed by atoms with Crippen LogP contribution in [0.4, 0.5) is 0 Å². The summed E-state index contributed by atoms with van der Waals surface area (Å²) in [4.78, 5) is 26.4. The van der Waals surface area contributed by atoms with Gasteiger partial charge in [0.25, 0.3) is 0 Å². The highest BCUT2D eigenvalue weighted by Crippen LogP contribution is 2.38. The Morgan fingerprint density at radius 2 is 1.65 bits per heavy atom. The lowest BCUT2D eigenvalue weighted by Crippen LogP contribution is -2.72. The van der Waals surface area contributed by atoms with Crippen molar-refractivity contribution < 1.29 is 14.3 Å². The Morgan fingerprint density at radius 3 is 2.09 bits per heavy atom. The van der Waals surface area contributed by atoms with Crippen LogP contribution in [0.1, 0.15) is 48.0 Å². The molecule has 0 saturated carbocycles. The second-order valence-corrected chi connectivity index (χ2v) is 7.68. The highest BCUT2D eigenvalue weighted by atomic mass is 16.5. The van der Waals surface area contributed by atoms with Gasteiger partial charge in [-0.05, 0) is 48.6 Å². The summed E-state index contributed by atoms with van der Waals surface area (Å²) in [7, 11) is 2.02. The second-order valence-electron chi connectivity index (χ2n) is 7.68. The van der Waals surface area contributed by atoms with Gasteiger partial charge < -0.3 is 10.1 Å².